The zero-order valence-electron chi connectivity index (χ0n) is 17.3. The first-order valence-electron chi connectivity index (χ1n) is 10.2. The van der Waals surface area contributed by atoms with Crippen molar-refractivity contribution in [2.75, 3.05) is 27.3 Å². The average Bonchev–Trinajstić information content (AvgIpc) is 3.08. The van der Waals surface area contributed by atoms with Gasteiger partial charge in [-0.3, -0.25) is 9.59 Å². The smallest absolute Gasteiger partial charge is 0.279 e. The zero-order chi connectivity index (χ0) is 21.1. The van der Waals surface area contributed by atoms with Gasteiger partial charge >= 0.3 is 0 Å². The molecule has 156 valence electrons. The molecule has 0 saturated carbocycles. The number of benzene rings is 2. The lowest BCUT2D eigenvalue weighted by Gasteiger charge is -2.21. The van der Waals surface area contributed by atoms with E-state index >= 15 is 0 Å². The minimum atomic E-state index is -0.298. The number of carbonyl (C=O) groups is 1. The molecular formula is C23H25N3O4. The van der Waals surface area contributed by atoms with Crippen molar-refractivity contribution < 1.29 is 14.3 Å². The van der Waals surface area contributed by atoms with Crippen molar-refractivity contribution in [1.82, 2.24) is 14.7 Å². The van der Waals surface area contributed by atoms with Crippen LogP contribution in [0.4, 0.5) is 0 Å². The van der Waals surface area contributed by atoms with Crippen LogP contribution in [-0.4, -0.2) is 47.9 Å². The van der Waals surface area contributed by atoms with Gasteiger partial charge in [-0.2, -0.15) is 9.78 Å². The molecule has 4 rings (SSSR count). The Morgan fingerprint density at radius 1 is 0.900 bits per heavy atom. The molecule has 0 unspecified atom stereocenters. The number of hydrogen-bond donors (Lipinski definition) is 0. The number of methoxy groups -OCH3 is 2. The predicted molar refractivity (Wildman–Crippen MR) is 115 cm³/mol. The van der Waals surface area contributed by atoms with Crippen molar-refractivity contribution in [1.29, 1.82) is 0 Å². The maximum absolute atomic E-state index is 13.4. The molecule has 7 nitrogen and oxygen atoms in total. The Labute approximate surface area is 174 Å². The highest BCUT2D eigenvalue weighted by molar-refractivity contribution is 6.04. The van der Waals surface area contributed by atoms with Gasteiger partial charge in [-0.15, -0.1) is 0 Å². The molecule has 3 aromatic rings. The first-order valence-corrected chi connectivity index (χ1v) is 10.2. The molecule has 0 atom stereocenters. The summed E-state index contributed by atoms with van der Waals surface area (Å²) in [5, 5.41) is 5.55. The normalized spacial score (nSPS) is 14.4. The summed E-state index contributed by atoms with van der Waals surface area (Å²) in [4.78, 5) is 28.5. The molecule has 0 radical (unpaired) electrons. The van der Waals surface area contributed by atoms with Crippen LogP contribution in [-0.2, 0) is 0 Å². The molecular weight excluding hydrogens is 382 g/mol. The third-order valence-corrected chi connectivity index (χ3v) is 5.48. The molecule has 1 amide bonds. The van der Waals surface area contributed by atoms with Crippen LogP contribution in [0.15, 0.2) is 47.3 Å². The van der Waals surface area contributed by atoms with E-state index in [1.165, 1.54) is 4.68 Å². The van der Waals surface area contributed by atoms with E-state index in [1.807, 2.05) is 11.0 Å². The van der Waals surface area contributed by atoms with Gasteiger partial charge in [0.25, 0.3) is 11.5 Å². The van der Waals surface area contributed by atoms with Crippen molar-refractivity contribution in [2.24, 2.45) is 0 Å². The molecule has 1 aliphatic heterocycles. The van der Waals surface area contributed by atoms with E-state index in [9.17, 15) is 9.59 Å². The molecule has 0 N–H and O–H groups in total. The van der Waals surface area contributed by atoms with Crippen molar-refractivity contribution in [3.8, 4) is 17.2 Å². The van der Waals surface area contributed by atoms with Gasteiger partial charge in [0.05, 0.1) is 25.3 Å². The van der Waals surface area contributed by atoms with Crippen molar-refractivity contribution in [2.45, 2.75) is 25.7 Å². The predicted octanol–water partition coefficient (Wildman–Crippen LogP) is 3.42. The topological polar surface area (TPSA) is 73.7 Å². The zero-order valence-corrected chi connectivity index (χ0v) is 17.3. The number of aromatic nitrogens is 2. The lowest BCUT2D eigenvalue weighted by Crippen LogP contribution is -2.35. The largest absolute Gasteiger partial charge is 0.497 e. The van der Waals surface area contributed by atoms with E-state index in [0.29, 0.717) is 41.0 Å². The summed E-state index contributed by atoms with van der Waals surface area (Å²) in [6, 6.07) is 12.2. The molecule has 1 fully saturated rings. The molecule has 1 saturated heterocycles. The second-order valence-electron chi connectivity index (χ2n) is 7.39. The fourth-order valence-corrected chi connectivity index (χ4v) is 3.86. The summed E-state index contributed by atoms with van der Waals surface area (Å²) in [6.45, 7) is 1.42. The van der Waals surface area contributed by atoms with Crippen molar-refractivity contribution >= 4 is 16.7 Å². The van der Waals surface area contributed by atoms with Gasteiger partial charge in [0.15, 0.2) is 5.69 Å². The monoisotopic (exact) mass is 407 g/mol. The highest BCUT2D eigenvalue weighted by Gasteiger charge is 2.23. The van der Waals surface area contributed by atoms with E-state index < -0.39 is 0 Å². The lowest BCUT2D eigenvalue weighted by molar-refractivity contribution is 0.0756. The average molecular weight is 407 g/mol. The summed E-state index contributed by atoms with van der Waals surface area (Å²) >= 11 is 0. The molecule has 2 heterocycles. The number of carbonyl (C=O) groups excluding carboxylic acids is 1. The van der Waals surface area contributed by atoms with Crippen LogP contribution in [0.25, 0.3) is 16.5 Å². The number of nitrogens with zero attached hydrogens (tertiary/aromatic N) is 3. The Morgan fingerprint density at radius 2 is 1.50 bits per heavy atom. The van der Waals surface area contributed by atoms with E-state index in [1.54, 1.807) is 50.6 Å². The molecule has 0 aliphatic carbocycles. The van der Waals surface area contributed by atoms with Crippen molar-refractivity contribution in [3.05, 3.63) is 58.5 Å². The molecule has 7 heteroatoms. The van der Waals surface area contributed by atoms with Gasteiger partial charge in [-0.1, -0.05) is 31.0 Å². The Morgan fingerprint density at radius 3 is 2.10 bits per heavy atom. The Hall–Kier alpha value is -3.35. The first-order chi connectivity index (χ1) is 14.6. The third-order valence-electron chi connectivity index (χ3n) is 5.48. The van der Waals surface area contributed by atoms with E-state index in [4.69, 9.17) is 9.47 Å². The second-order valence-corrected chi connectivity index (χ2v) is 7.39. The third kappa shape index (κ3) is 3.75. The van der Waals surface area contributed by atoms with Crippen LogP contribution in [0.5, 0.6) is 11.5 Å². The highest BCUT2D eigenvalue weighted by atomic mass is 16.5. The van der Waals surface area contributed by atoms with Crippen LogP contribution in [0.2, 0.25) is 0 Å². The van der Waals surface area contributed by atoms with Gasteiger partial charge in [0.1, 0.15) is 11.5 Å². The molecule has 1 aromatic heterocycles. The number of likely N-dealkylation sites (tertiary alicyclic amines) is 1. The second kappa shape index (κ2) is 8.57. The summed E-state index contributed by atoms with van der Waals surface area (Å²) in [5.41, 5.74) is 0.467. The quantitative estimate of drug-likeness (QED) is 0.663. The maximum Gasteiger partial charge on any atom is 0.279 e. The SMILES string of the molecule is COc1cc(OC)cc(-n2nc(C(=O)N3CCCCCC3)c3ccccc3c2=O)c1. The Balaban J connectivity index is 1.91. The maximum atomic E-state index is 13.4. The standard InChI is InChI=1S/C23H25N3O4/c1-29-17-13-16(14-18(15-17)30-2)26-22(27)20-10-6-5-9-19(20)21(24-26)23(28)25-11-7-3-4-8-12-25/h5-6,9-10,13-15H,3-4,7-8,11-12H2,1-2H3. The molecule has 30 heavy (non-hydrogen) atoms. The minimum absolute atomic E-state index is 0.142. The van der Waals surface area contributed by atoms with Crippen LogP contribution >= 0.6 is 0 Å². The number of rotatable bonds is 4. The summed E-state index contributed by atoms with van der Waals surface area (Å²) in [6.07, 6.45) is 4.22. The van der Waals surface area contributed by atoms with Gasteiger partial charge in [0.2, 0.25) is 0 Å². The minimum Gasteiger partial charge on any atom is -0.497 e. The van der Waals surface area contributed by atoms with Crippen molar-refractivity contribution in [3.63, 3.8) is 0 Å². The van der Waals surface area contributed by atoms with Crippen LogP contribution < -0.4 is 15.0 Å². The molecule has 0 spiro atoms. The number of amides is 1. The number of fused-ring (bicyclic) bond motifs is 1. The Kier molecular flexibility index (Phi) is 5.70. The summed E-state index contributed by atoms with van der Waals surface area (Å²) in [7, 11) is 3.09. The van der Waals surface area contributed by atoms with Gasteiger partial charge in [0, 0.05) is 36.7 Å². The van der Waals surface area contributed by atoms with Crippen LogP contribution in [0.3, 0.4) is 0 Å². The lowest BCUT2D eigenvalue weighted by atomic mass is 10.1. The number of ether oxygens (including phenoxy) is 2. The number of hydrogen-bond acceptors (Lipinski definition) is 5. The van der Waals surface area contributed by atoms with E-state index in [0.717, 1.165) is 25.7 Å². The Bertz CT molecular complexity index is 1110. The first kappa shape index (κ1) is 19.9. The van der Waals surface area contributed by atoms with Crippen LogP contribution in [0, 0.1) is 0 Å². The molecule has 2 aromatic carbocycles. The fraction of sp³-hybridized carbons (Fsp3) is 0.348. The van der Waals surface area contributed by atoms with Gasteiger partial charge < -0.3 is 14.4 Å². The molecule has 0 bridgehead atoms. The fourth-order valence-electron chi connectivity index (χ4n) is 3.86. The van der Waals surface area contributed by atoms with Crippen LogP contribution in [0.1, 0.15) is 36.2 Å². The van der Waals surface area contributed by atoms with Gasteiger partial charge in [-0.25, -0.2) is 0 Å². The van der Waals surface area contributed by atoms with Gasteiger partial charge in [-0.05, 0) is 18.9 Å². The highest BCUT2D eigenvalue weighted by Crippen LogP contribution is 2.25. The van der Waals surface area contributed by atoms with E-state index in [-0.39, 0.29) is 17.2 Å². The molecule has 1 aliphatic rings. The summed E-state index contributed by atoms with van der Waals surface area (Å²) in [5.74, 6) is 0.926. The summed E-state index contributed by atoms with van der Waals surface area (Å²) < 4.78 is 11.9. The van der Waals surface area contributed by atoms with E-state index in [2.05, 4.69) is 5.10 Å².